The van der Waals surface area contributed by atoms with Gasteiger partial charge < -0.3 is 14.6 Å². The molecule has 0 saturated heterocycles. The van der Waals surface area contributed by atoms with Crippen LogP contribution in [-0.2, 0) is 7.05 Å². The number of aryl methyl sites for hydroxylation is 2. The number of anilines is 2. The third kappa shape index (κ3) is 2.84. The SMILES string of the molecule is Cc1cc(N(C)c2ccc3c(c2)c2cc(C(C)O)ccc2n3C)c2ccccc2n1. The van der Waals surface area contributed by atoms with Crippen LogP contribution in [-0.4, -0.2) is 21.7 Å². The van der Waals surface area contributed by atoms with Crippen molar-refractivity contribution in [2.75, 3.05) is 11.9 Å². The lowest BCUT2D eigenvalue weighted by atomic mass is 10.1. The van der Waals surface area contributed by atoms with Crippen molar-refractivity contribution in [3.8, 4) is 0 Å². The summed E-state index contributed by atoms with van der Waals surface area (Å²) in [5, 5.41) is 13.6. The topological polar surface area (TPSA) is 41.3 Å². The standard InChI is InChI=1S/C26H25N3O/c1-16-13-26(20-7-5-6-8-23(20)27-16)28(3)19-10-12-25-22(15-19)21-14-18(17(2)30)9-11-24(21)29(25)4/h5-15,17,30H,1-4H3. The number of nitrogens with zero attached hydrogens (tertiary/aromatic N) is 3. The Balaban J connectivity index is 1.72. The minimum absolute atomic E-state index is 0.485. The lowest BCUT2D eigenvalue weighted by Gasteiger charge is -2.22. The van der Waals surface area contributed by atoms with Crippen LogP contribution in [0.25, 0.3) is 32.7 Å². The molecular weight excluding hydrogens is 370 g/mol. The number of hydrogen-bond donors (Lipinski definition) is 1. The average molecular weight is 396 g/mol. The quantitative estimate of drug-likeness (QED) is 0.407. The Bertz CT molecular complexity index is 1410. The molecule has 1 N–H and O–H groups in total. The molecule has 0 aliphatic carbocycles. The van der Waals surface area contributed by atoms with Gasteiger partial charge in [-0.1, -0.05) is 24.3 Å². The monoisotopic (exact) mass is 395 g/mol. The smallest absolute Gasteiger partial charge is 0.0762 e. The normalized spacial score (nSPS) is 12.7. The van der Waals surface area contributed by atoms with E-state index >= 15 is 0 Å². The Labute approximate surface area is 176 Å². The van der Waals surface area contributed by atoms with E-state index < -0.39 is 6.10 Å². The zero-order chi connectivity index (χ0) is 21.0. The molecule has 0 bridgehead atoms. The highest BCUT2D eigenvalue weighted by Gasteiger charge is 2.14. The lowest BCUT2D eigenvalue weighted by molar-refractivity contribution is 0.199. The van der Waals surface area contributed by atoms with Crippen molar-refractivity contribution in [2.24, 2.45) is 7.05 Å². The van der Waals surface area contributed by atoms with Crippen LogP contribution in [0.3, 0.4) is 0 Å². The molecule has 0 amide bonds. The van der Waals surface area contributed by atoms with E-state index in [1.165, 1.54) is 16.4 Å². The summed E-state index contributed by atoms with van der Waals surface area (Å²) < 4.78 is 2.21. The molecule has 0 spiro atoms. The molecule has 0 aliphatic heterocycles. The van der Waals surface area contributed by atoms with Crippen molar-refractivity contribution in [1.82, 2.24) is 9.55 Å². The minimum atomic E-state index is -0.485. The van der Waals surface area contributed by atoms with Gasteiger partial charge in [-0.2, -0.15) is 0 Å². The molecule has 4 nitrogen and oxygen atoms in total. The second kappa shape index (κ2) is 6.85. The summed E-state index contributed by atoms with van der Waals surface area (Å²) in [6, 6.07) is 23.2. The molecule has 1 atom stereocenters. The molecule has 30 heavy (non-hydrogen) atoms. The zero-order valence-electron chi connectivity index (χ0n) is 17.7. The maximum absolute atomic E-state index is 10.1. The molecule has 4 heteroatoms. The van der Waals surface area contributed by atoms with Crippen molar-refractivity contribution in [3.63, 3.8) is 0 Å². The van der Waals surface area contributed by atoms with Gasteiger partial charge in [-0.05, 0) is 61.9 Å². The van der Waals surface area contributed by atoms with Crippen molar-refractivity contribution >= 4 is 44.1 Å². The molecule has 5 aromatic rings. The summed E-state index contributed by atoms with van der Waals surface area (Å²) in [6.45, 7) is 3.84. The van der Waals surface area contributed by atoms with Crippen LogP contribution in [0.1, 0.15) is 24.3 Å². The fraction of sp³-hybridized carbons (Fsp3) is 0.192. The fourth-order valence-corrected chi connectivity index (χ4v) is 4.39. The molecule has 0 saturated carbocycles. The maximum atomic E-state index is 10.1. The first-order valence-electron chi connectivity index (χ1n) is 10.2. The Morgan fingerprint density at radius 1 is 0.900 bits per heavy atom. The molecule has 3 aromatic carbocycles. The van der Waals surface area contributed by atoms with Crippen LogP contribution < -0.4 is 4.90 Å². The van der Waals surface area contributed by atoms with Gasteiger partial charge in [0.15, 0.2) is 0 Å². The van der Waals surface area contributed by atoms with Crippen LogP contribution >= 0.6 is 0 Å². The molecule has 0 aliphatic rings. The Morgan fingerprint density at radius 2 is 1.60 bits per heavy atom. The van der Waals surface area contributed by atoms with Crippen LogP contribution in [0.5, 0.6) is 0 Å². The highest BCUT2D eigenvalue weighted by atomic mass is 16.3. The minimum Gasteiger partial charge on any atom is -0.389 e. The third-order valence-corrected chi connectivity index (χ3v) is 6.07. The number of benzene rings is 3. The number of aromatic nitrogens is 2. The number of aliphatic hydroxyl groups excluding tert-OH is 1. The van der Waals surface area contributed by atoms with E-state index in [0.717, 1.165) is 38.9 Å². The summed E-state index contributed by atoms with van der Waals surface area (Å²) in [5.41, 5.74) is 7.55. The molecule has 0 fully saturated rings. The largest absolute Gasteiger partial charge is 0.389 e. The first-order chi connectivity index (χ1) is 14.4. The Hall–Kier alpha value is -3.37. The van der Waals surface area contributed by atoms with E-state index in [1.54, 1.807) is 0 Å². The van der Waals surface area contributed by atoms with Gasteiger partial charge in [-0.25, -0.2) is 0 Å². The zero-order valence-corrected chi connectivity index (χ0v) is 17.7. The van der Waals surface area contributed by atoms with E-state index in [-0.39, 0.29) is 0 Å². The molecule has 5 rings (SSSR count). The summed E-state index contributed by atoms with van der Waals surface area (Å²) in [7, 11) is 4.20. The van der Waals surface area contributed by atoms with Gasteiger partial charge >= 0.3 is 0 Å². The Kier molecular flexibility index (Phi) is 4.26. The van der Waals surface area contributed by atoms with Gasteiger partial charge in [0.2, 0.25) is 0 Å². The number of aliphatic hydroxyl groups is 1. The molecule has 150 valence electrons. The van der Waals surface area contributed by atoms with Crippen LogP contribution in [0.4, 0.5) is 11.4 Å². The van der Waals surface area contributed by atoms with Gasteiger partial charge in [0.1, 0.15) is 0 Å². The Morgan fingerprint density at radius 3 is 2.37 bits per heavy atom. The fourth-order valence-electron chi connectivity index (χ4n) is 4.39. The van der Waals surface area contributed by atoms with E-state index in [2.05, 4.69) is 83.1 Å². The first-order valence-corrected chi connectivity index (χ1v) is 10.2. The van der Waals surface area contributed by atoms with Gasteiger partial charge in [0.05, 0.1) is 17.3 Å². The molecule has 2 aromatic heterocycles. The van der Waals surface area contributed by atoms with Crippen LogP contribution in [0.2, 0.25) is 0 Å². The van der Waals surface area contributed by atoms with E-state index in [4.69, 9.17) is 0 Å². The van der Waals surface area contributed by atoms with Gasteiger partial charge in [-0.3, -0.25) is 4.98 Å². The number of hydrogen-bond acceptors (Lipinski definition) is 3. The van der Waals surface area contributed by atoms with Crippen molar-refractivity contribution in [3.05, 3.63) is 78.0 Å². The van der Waals surface area contributed by atoms with E-state index in [9.17, 15) is 5.11 Å². The number of fused-ring (bicyclic) bond motifs is 4. The number of rotatable bonds is 3. The second-order valence-corrected chi connectivity index (χ2v) is 8.07. The van der Waals surface area contributed by atoms with Crippen LogP contribution in [0.15, 0.2) is 66.7 Å². The predicted octanol–water partition coefficient (Wildman–Crippen LogP) is 6.01. The first kappa shape index (κ1) is 18.6. The van der Waals surface area contributed by atoms with Crippen molar-refractivity contribution in [2.45, 2.75) is 20.0 Å². The van der Waals surface area contributed by atoms with Gasteiger partial charge in [0, 0.05) is 52.7 Å². The molecule has 1 unspecified atom stereocenters. The highest BCUT2D eigenvalue weighted by Crippen LogP contribution is 2.36. The average Bonchev–Trinajstić information content (AvgIpc) is 3.03. The maximum Gasteiger partial charge on any atom is 0.0762 e. The van der Waals surface area contributed by atoms with Crippen molar-refractivity contribution < 1.29 is 5.11 Å². The summed E-state index contributed by atoms with van der Waals surface area (Å²) in [5.74, 6) is 0. The second-order valence-electron chi connectivity index (χ2n) is 8.07. The number of para-hydroxylation sites is 1. The van der Waals surface area contributed by atoms with Crippen molar-refractivity contribution in [1.29, 1.82) is 0 Å². The predicted molar refractivity (Wildman–Crippen MR) is 126 cm³/mol. The molecular formula is C26H25N3O. The molecule has 2 heterocycles. The lowest BCUT2D eigenvalue weighted by Crippen LogP contribution is -2.10. The molecule has 0 radical (unpaired) electrons. The van der Waals surface area contributed by atoms with Gasteiger partial charge in [0.25, 0.3) is 0 Å². The summed E-state index contributed by atoms with van der Waals surface area (Å²) in [6.07, 6.45) is -0.485. The third-order valence-electron chi connectivity index (χ3n) is 6.07. The summed E-state index contributed by atoms with van der Waals surface area (Å²) >= 11 is 0. The van der Waals surface area contributed by atoms with E-state index in [0.29, 0.717) is 0 Å². The number of pyridine rings is 1. The van der Waals surface area contributed by atoms with Gasteiger partial charge in [-0.15, -0.1) is 0 Å². The van der Waals surface area contributed by atoms with Crippen LogP contribution in [0, 0.1) is 6.92 Å². The summed E-state index contributed by atoms with van der Waals surface area (Å²) in [4.78, 5) is 6.91. The van der Waals surface area contributed by atoms with E-state index in [1.807, 2.05) is 26.0 Å². The highest BCUT2D eigenvalue weighted by molar-refractivity contribution is 6.09.